The van der Waals surface area contributed by atoms with Crippen LogP contribution in [0.25, 0.3) is 0 Å². The van der Waals surface area contributed by atoms with Gasteiger partial charge in [-0.2, -0.15) is 0 Å². The molecule has 1 aromatic heterocycles. The predicted molar refractivity (Wildman–Crippen MR) is 110 cm³/mol. The second-order valence-electron chi connectivity index (χ2n) is 7.06. The zero-order valence-corrected chi connectivity index (χ0v) is 17.7. The van der Waals surface area contributed by atoms with E-state index in [0.717, 1.165) is 20.8 Å². The molecule has 146 valence electrons. The molecule has 6 nitrogen and oxygen atoms in total. The number of hydrogen-bond acceptors (Lipinski definition) is 3. The lowest BCUT2D eigenvalue weighted by Gasteiger charge is -2.22. The number of benzene rings is 1. The number of allylic oxidation sites excluding steroid dienone is 1. The number of carbonyl (C=O) groups is 3. The Morgan fingerprint density at radius 3 is 2.64 bits per heavy atom. The van der Waals surface area contributed by atoms with Gasteiger partial charge >= 0.3 is 6.03 Å². The summed E-state index contributed by atoms with van der Waals surface area (Å²) in [6.45, 7) is 9.43. The van der Waals surface area contributed by atoms with E-state index in [4.69, 9.17) is 0 Å². The molecule has 0 aliphatic carbocycles. The number of rotatable bonds is 6. The van der Waals surface area contributed by atoms with Crippen molar-refractivity contribution in [3.8, 4) is 0 Å². The Balaban J connectivity index is 1.86. The average Bonchev–Trinajstić information content (AvgIpc) is 3.05. The Hall–Kier alpha value is -2.67. The maximum absolute atomic E-state index is 13.0. The maximum atomic E-state index is 13.0. The third-order valence-corrected chi connectivity index (χ3v) is 5.66. The first kappa shape index (κ1) is 20.1. The molecule has 1 atom stereocenters. The van der Waals surface area contributed by atoms with Crippen molar-refractivity contribution in [3.05, 3.63) is 70.0 Å². The van der Waals surface area contributed by atoms with Crippen LogP contribution in [0.2, 0.25) is 0 Å². The molecule has 0 bridgehead atoms. The van der Waals surface area contributed by atoms with Gasteiger partial charge in [0.2, 0.25) is 0 Å². The van der Waals surface area contributed by atoms with Crippen molar-refractivity contribution >= 4 is 33.7 Å². The van der Waals surface area contributed by atoms with Crippen LogP contribution in [0.5, 0.6) is 0 Å². The van der Waals surface area contributed by atoms with Crippen molar-refractivity contribution in [2.24, 2.45) is 0 Å². The molecule has 1 unspecified atom stereocenters. The molecule has 1 fully saturated rings. The van der Waals surface area contributed by atoms with Crippen molar-refractivity contribution in [1.29, 1.82) is 0 Å². The first-order valence-corrected chi connectivity index (χ1v) is 9.69. The SMILES string of the molecule is C=CCn1c(C)cc(C(=O)CN2C(=O)NC(C)(c3cccc(Br)c3)C2=O)c1C. The van der Waals surface area contributed by atoms with E-state index in [1.807, 2.05) is 24.5 Å². The lowest BCUT2D eigenvalue weighted by molar-refractivity contribution is -0.130. The minimum absolute atomic E-state index is 0.273. The van der Waals surface area contributed by atoms with E-state index in [9.17, 15) is 14.4 Å². The zero-order chi connectivity index (χ0) is 20.6. The minimum atomic E-state index is -1.21. The molecule has 1 saturated heterocycles. The van der Waals surface area contributed by atoms with Crippen LogP contribution in [0, 0.1) is 13.8 Å². The summed E-state index contributed by atoms with van der Waals surface area (Å²) in [6, 6.07) is 8.41. The number of ketones is 1. The summed E-state index contributed by atoms with van der Waals surface area (Å²) >= 11 is 3.38. The van der Waals surface area contributed by atoms with E-state index in [2.05, 4.69) is 27.8 Å². The lowest BCUT2D eigenvalue weighted by Crippen LogP contribution is -2.41. The van der Waals surface area contributed by atoms with Gasteiger partial charge in [-0.25, -0.2) is 4.79 Å². The van der Waals surface area contributed by atoms with Gasteiger partial charge in [0.1, 0.15) is 5.54 Å². The number of aromatic nitrogens is 1. The van der Waals surface area contributed by atoms with E-state index in [0.29, 0.717) is 17.7 Å². The minimum Gasteiger partial charge on any atom is -0.345 e. The number of hydrogen-bond donors (Lipinski definition) is 1. The van der Waals surface area contributed by atoms with Gasteiger partial charge in [-0.05, 0) is 44.5 Å². The fraction of sp³-hybridized carbons (Fsp3) is 0.286. The molecule has 2 aromatic rings. The molecule has 0 saturated carbocycles. The molecule has 0 radical (unpaired) electrons. The van der Waals surface area contributed by atoms with Gasteiger partial charge in [0.05, 0.1) is 6.54 Å². The monoisotopic (exact) mass is 443 g/mol. The average molecular weight is 444 g/mol. The number of amides is 3. The van der Waals surface area contributed by atoms with Gasteiger partial charge in [-0.15, -0.1) is 6.58 Å². The Morgan fingerprint density at radius 2 is 2.00 bits per heavy atom. The first-order chi connectivity index (χ1) is 13.2. The number of halogens is 1. The van der Waals surface area contributed by atoms with Crippen LogP contribution in [0.4, 0.5) is 4.79 Å². The number of Topliss-reactive ketones (excluding diaryl/α,β-unsaturated/α-hetero) is 1. The molecule has 2 heterocycles. The lowest BCUT2D eigenvalue weighted by atomic mass is 9.92. The molecule has 1 aliphatic heterocycles. The van der Waals surface area contributed by atoms with Crippen molar-refractivity contribution in [2.75, 3.05) is 6.54 Å². The highest BCUT2D eigenvalue weighted by atomic mass is 79.9. The molecule has 0 spiro atoms. The Kier molecular flexibility index (Phi) is 5.30. The zero-order valence-electron chi connectivity index (χ0n) is 16.1. The molecular formula is C21H22BrN3O3. The van der Waals surface area contributed by atoms with E-state index < -0.39 is 17.5 Å². The van der Waals surface area contributed by atoms with E-state index >= 15 is 0 Å². The molecule has 3 amide bonds. The highest BCUT2D eigenvalue weighted by Gasteiger charge is 2.49. The van der Waals surface area contributed by atoms with Gasteiger partial charge in [0, 0.05) is 28.0 Å². The number of nitrogens with zero attached hydrogens (tertiary/aromatic N) is 2. The second kappa shape index (κ2) is 7.39. The fourth-order valence-corrected chi connectivity index (χ4v) is 3.96. The summed E-state index contributed by atoms with van der Waals surface area (Å²) in [5.74, 6) is -0.714. The Morgan fingerprint density at radius 1 is 1.29 bits per heavy atom. The van der Waals surface area contributed by atoms with Gasteiger partial charge in [-0.1, -0.05) is 34.1 Å². The van der Waals surface area contributed by atoms with Gasteiger partial charge in [-0.3, -0.25) is 14.5 Å². The fourth-order valence-electron chi connectivity index (χ4n) is 3.56. The van der Waals surface area contributed by atoms with Crippen LogP contribution in [0.1, 0.15) is 34.2 Å². The number of carbonyl (C=O) groups excluding carboxylic acids is 3. The number of aryl methyl sites for hydroxylation is 1. The molecule has 3 rings (SSSR count). The third kappa shape index (κ3) is 3.30. The van der Waals surface area contributed by atoms with E-state index in [1.54, 1.807) is 37.3 Å². The van der Waals surface area contributed by atoms with Crippen LogP contribution in [0.3, 0.4) is 0 Å². The standard InChI is InChI=1S/C21H22BrN3O3/c1-5-9-24-13(2)10-17(14(24)3)18(26)12-25-19(27)21(4,23-20(25)28)15-7-6-8-16(22)11-15/h5-8,10-11H,1,9,12H2,2-4H3,(H,23,28). The van der Waals surface area contributed by atoms with Crippen LogP contribution < -0.4 is 5.32 Å². The predicted octanol–water partition coefficient (Wildman–Crippen LogP) is 3.70. The summed E-state index contributed by atoms with van der Waals surface area (Å²) in [7, 11) is 0. The van der Waals surface area contributed by atoms with Crippen LogP contribution in [0.15, 0.2) is 47.5 Å². The molecule has 1 aliphatic rings. The van der Waals surface area contributed by atoms with Crippen LogP contribution >= 0.6 is 15.9 Å². The van der Waals surface area contributed by atoms with E-state index in [1.165, 1.54) is 0 Å². The summed E-state index contributed by atoms with van der Waals surface area (Å²) in [6.07, 6.45) is 1.76. The Labute approximate surface area is 172 Å². The molecule has 1 aromatic carbocycles. The molecule has 7 heteroatoms. The molecule has 1 N–H and O–H groups in total. The quantitative estimate of drug-likeness (QED) is 0.420. The highest BCUT2D eigenvalue weighted by molar-refractivity contribution is 9.10. The van der Waals surface area contributed by atoms with Crippen molar-refractivity contribution in [3.63, 3.8) is 0 Å². The van der Waals surface area contributed by atoms with Gasteiger partial charge in [0.25, 0.3) is 5.91 Å². The summed E-state index contributed by atoms with van der Waals surface area (Å²) in [5.41, 5.74) is 1.68. The normalized spacial score (nSPS) is 19.1. The largest absolute Gasteiger partial charge is 0.345 e. The number of urea groups is 1. The first-order valence-electron chi connectivity index (χ1n) is 8.90. The summed E-state index contributed by atoms with van der Waals surface area (Å²) in [4.78, 5) is 39.4. The summed E-state index contributed by atoms with van der Waals surface area (Å²) < 4.78 is 2.77. The topological polar surface area (TPSA) is 71.4 Å². The molecule has 28 heavy (non-hydrogen) atoms. The third-order valence-electron chi connectivity index (χ3n) is 5.16. The maximum Gasteiger partial charge on any atom is 0.325 e. The van der Waals surface area contributed by atoms with Crippen molar-refractivity contribution in [1.82, 2.24) is 14.8 Å². The van der Waals surface area contributed by atoms with E-state index in [-0.39, 0.29) is 12.3 Å². The number of imide groups is 1. The van der Waals surface area contributed by atoms with Crippen LogP contribution in [-0.4, -0.2) is 33.7 Å². The number of nitrogens with one attached hydrogen (secondary N) is 1. The van der Waals surface area contributed by atoms with Crippen molar-refractivity contribution in [2.45, 2.75) is 32.9 Å². The second-order valence-corrected chi connectivity index (χ2v) is 7.98. The molecular weight excluding hydrogens is 422 g/mol. The van der Waals surface area contributed by atoms with Crippen LogP contribution in [-0.2, 0) is 16.9 Å². The Bertz CT molecular complexity index is 995. The van der Waals surface area contributed by atoms with Crippen molar-refractivity contribution < 1.29 is 14.4 Å². The van der Waals surface area contributed by atoms with Gasteiger partial charge in [0.15, 0.2) is 5.78 Å². The smallest absolute Gasteiger partial charge is 0.325 e. The summed E-state index contributed by atoms with van der Waals surface area (Å²) in [5, 5.41) is 2.73. The highest BCUT2D eigenvalue weighted by Crippen LogP contribution is 2.30. The van der Waals surface area contributed by atoms with Gasteiger partial charge < -0.3 is 9.88 Å².